The number of hydrogen-bond acceptors (Lipinski definition) is 3. The van der Waals surface area contributed by atoms with E-state index in [-0.39, 0.29) is 17.4 Å². The van der Waals surface area contributed by atoms with Crippen molar-refractivity contribution in [2.75, 3.05) is 13.6 Å². The van der Waals surface area contributed by atoms with Gasteiger partial charge in [-0.3, -0.25) is 9.59 Å². The van der Waals surface area contributed by atoms with Gasteiger partial charge in [-0.25, -0.2) is 0 Å². The molecule has 0 aliphatic heterocycles. The Kier molecular flexibility index (Phi) is 4.79. The van der Waals surface area contributed by atoms with Crippen molar-refractivity contribution in [1.82, 2.24) is 4.90 Å². The Hall–Kier alpha value is -1.95. The van der Waals surface area contributed by atoms with Gasteiger partial charge in [-0.1, -0.05) is 42.5 Å². The van der Waals surface area contributed by atoms with Gasteiger partial charge in [0.25, 0.3) is 0 Å². The first kappa shape index (κ1) is 14.1. The molecule has 0 radical (unpaired) electrons. The Labute approximate surface area is 111 Å². The van der Waals surface area contributed by atoms with Crippen LogP contribution in [-0.2, 0) is 9.59 Å². The SMILES string of the molecule is CN(CC(N)=O)C(=O)C(C(N)=S)c1ccccc1. The van der Waals surface area contributed by atoms with Gasteiger partial charge in [0, 0.05) is 7.05 Å². The lowest BCUT2D eigenvalue weighted by Crippen LogP contribution is -2.41. The van der Waals surface area contributed by atoms with Crippen molar-refractivity contribution in [2.45, 2.75) is 5.92 Å². The van der Waals surface area contributed by atoms with Crippen LogP contribution >= 0.6 is 12.2 Å². The van der Waals surface area contributed by atoms with Gasteiger partial charge < -0.3 is 16.4 Å². The summed E-state index contributed by atoms with van der Waals surface area (Å²) in [6.07, 6.45) is 0. The minimum atomic E-state index is -0.731. The van der Waals surface area contributed by atoms with E-state index in [2.05, 4.69) is 0 Å². The van der Waals surface area contributed by atoms with Crippen LogP contribution in [0.25, 0.3) is 0 Å². The number of carbonyl (C=O) groups excluding carboxylic acids is 2. The zero-order valence-corrected chi connectivity index (χ0v) is 10.8. The molecule has 6 heteroatoms. The van der Waals surface area contributed by atoms with Gasteiger partial charge in [-0.05, 0) is 5.56 Å². The van der Waals surface area contributed by atoms with Crippen molar-refractivity contribution in [1.29, 1.82) is 0 Å². The number of thiocarbonyl (C=S) groups is 1. The van der Waals surface area contributed by atoms with Crippen LogP contribution in [0.3, 0.4) is 0 Å². The van der Waals surface area contributed by atoms with E-state index in [0.717, 1.165) is 0 Å². The van der Waals surface area contributed by atoms with Crippen molar-refractivity contribution in [3.05, 3.63) is 35.9 Å². The van der Waals surface area contributed by atoms with E-state index in [1.807, 2.05) is 6.07 Å². The summed E-state index contributed by atoms with van der Waals surface area (Å²) in [4.78, 5) is 24.3. The molecule has 0 aliphatic carbocycles. The average molecular weight is 265 g/mol. The number of rotatable bonds is 5. The molecule has 5 nitrogen and oxygen atoms in total. The van der Waals surface area contributed by atoms with Crippen LogP contribution in [0.2, 0.25) is 0 Å². The highest BCUT2D eigenvalue weighted by Crippen LogP contribution is 2.18. The second-order valence-corrected chi connectivity index (χ2v) is 4.38. The van der Waals surface area contributed by atoms with Crippen LogP contribution in [0, 0.1) is 0 Å². The van der Waals surface area contributed by atoms with Gasteiger partial charge in [-0.15, -0.1) is 0 Å². The summed E-state index contributed by atoms with van der Waals surface area (Å²) in [5, 5.41) is 0. The van der Waals surface area contributed by atoms with Gasteiger partial charge in [-0.2, -0.15) is 0 Å². The number of likely N-dealkylation sites (N-methyl/N-ethyl adjacent to an activating group) is 1. The lowest BCUT2D eigenvalue weighted by atomic mass is 9.98. The van der Waals surface area contributed by atoms with Crippen molar-refractivity contribution in [3.63, 3.8) is 0 Å². The third kappa shape index (κ3) is 3.53. The predicted octanol–water partition coefficient (Wildman–Crippen LogP) is 0.000000000000000444. The standard InChI is InChI=1S/C12H15N3O2S/c1-15(7-9(13)16)12(17)10(11(14)18)8-5-3-2-4-6-8/h2-6,10H,7H2,1H3,(H2,13,16)(H2,14,18). The highest BCUT2D eigenvalue weighted by Gasteiger charge is 2.26. The summed E-state index contributed by atoms with van der Waals surface area (Å²) in [5.74, 6) is -1.65. The monoisotopic (exact) mass is 265 g/mol. The molecule has 0 heterocycles. The largest absolute Gasteiger partial charge is 0.392 e. The van der Waals surface area contributed by atoms with Crippen molar-refractivity contribution < 1.29 is 9.59 Å². The fraction of sp³-hybridized carbons (Fsp3) is 0.250. The molecule has 0 saturated heterocycles. The predicted molar refractivity (Wildman–Crippen MR) is 72.8 cm³/mol. The first-order valence-corrected chi connectivity index (χ1v) is 5.72. The molecule has 4 N–H and O–H groups in total. The van der Waals surface area contributed by atoms with Crippen LogP contribution < -0.4 is 11.5 Å². The quantitative estimate of drug-likeness (QED) is 0.733. The molecular weight excluding hydrogens is 250 g/mol. The maximum atomic E-state index is 12.2. The minimum absolute atomic E-state index is 0.0718. The lowest BCUT2D eigenvalue weighted by Gasteiger charge is -2.22. The van der Waals surface area contributed by atoms with Crippen molar-refractivity contribution >= 4 is 29.0 Å². The minimum Gasteiger partial charge on any atom is -0.392 e. The van der Waals surface area contributed by atoms with Crippen molar-refractivity contribution in [2.24, 2.45) is 11.5 Å². The second kappa shape index (κ2) is 6.11. The average Bonchev–Trinajstić information content (AvgIpc) is 2.29. The van der Waals surface area contributed by atoms with Crippen LogP contribution in [0.1, 0.15) is 11.5 Å². The first-order chi connectivity index (χ1) is 8.43. The molecule has 1 aromatic rings. The fourth-order valence-electron chi connectivity index (χ4n) is 1.61. The highest BCUT2D eigenvalue weighted by molar-refractivity contribution is 7.80. The molecule has 1 atom stereocenters. The van der Waals surface area contributed by atoms with Crippen LogP contribution in [-0.4, -0.2) is 35.3 Å². The van der Waals surface area contributed by atoms with Gasteiger partial charge in [0.2, 0.25) is 11.8 Å². The maximum absolute atomic E-state index is 12.2. The maximum Gasteiger partial charge on any atom is 0.237 e. The number of hydrogen-bond donors (Lipinski definition) is 2. The summed E-state index contributed by atoms with van der Waals surface area (Å²) in [7, 11) is 1.49. The summed E-state index contributed by atoms with van der Waals surface area (Å²) >= 11 is 4.92. The Balaban J connectivity index is 2.97. The molecule has 96 valence electrons. The van der Waals surface area contributed by atoms with Gasteiger partial charge >= 0.3 is 0 Å². The summed E-state index contributed by atoms with van der Waals surface area (Å²) in [6.45, 7) is -0.162. The van der Waals surface area contributed by atoms with Crippen LogP contribution in [0.15, 0.2) is 30.3 Å². The van der Waals surface area contributed by atoms with E-state index >= 15 is 0 Å². The Morgan fingerprint density at radius 2 is 1.83 bits per heavy atom. The number of carbonyl (C=O) groups is 2. The molecule has 0 aliphatic rings. The number of nitrogens with zero attached hydrogens (tertiary/aromatic N) is 1. The normalized spacial score (nSPS) is 11.6. The fourth-order valence-corrected chi connectivity index (χ4v) is 1.84. The third-order valence-electron chi connectivity index (χ3n) is 2.43. The molecule has 0 saturated carbocycles. The Morgan fingerprint density at radius 1 is 1.28 bits per heavy atom. The highest BCUT2D eigenvalue weighted by atomic mass is 32.1. The zero-order valence-electron chi connectivity index (χ0n) is 10.00. The van der Waals surface area contributed by atoms with Gasteiger partial charge in [0.15, 0.2) is 0 Å². The van der Waals surface area contributed by atoms with Crippen molar-refractivity contribution in [3.8, 4) is 0 Å². The summed E-state index contributed by atoms with van der Waals surface area (Å²) in [5.41, 5.74) is 11.4. The van der Waals surface area contributed by atoms with E-state index in [1.54, 1.807) is 24.3 Å². The van der Waals surface area contributed by atoms with E-state index in [4.69, 9.17) is 23.7 Å². The molecule has 1 unspecified atom stereocenters. The van der Waals surface area contributed by atoms with E-state index in [9.17, 15) is 9.59 Å². The third-order valence-corrected chi connectivity index (χ3v) is 2.67. The van der Waals surface area contributed by atoms with E-state index in [0.29, 0.717) is 5.56 Å². The molecule has 1 aromatic carbocycles. The smallest absolute Gasteiger partial charge is 0.237 e. The number of amides is 2. The van der Waals surface area contributed by atoms with E-state index < -0.39 is 11.8 Å². The zero-order chi connectivity index (χ0) is 13.7. The van der Waals surface area contributed by atoms with E-state index in [1.165, 1.54) is 11.9 Å². The van der Waals surface area contributed by atoms with Gasteiger partial charge in [0.05, 0.1) is 11.5 Å². The molecule has 0 bridgehead atoms. The molecule has 1 rings (SSSR count). The lowest BCUT2D eigenvalue weighted by molar-refractivity contribution is -0.133. The van der Waals surface area contributed by atoms with Crippen LogP contribution in [0.4, 0.5) is 0 Å². The summed E-state index contributed by atoms with van der Waals surface area (Å²) < 4.78 is 0. The number of benzene rings is 1. The molecular formula is C12H15N3O2S. The number of nitrogens with two attached hydrogens (primary N) is 2. The topological polar surface area (TPSA) is 89.4 Å². The Morgan fingerprint density at radius 3 is 2.28 bits per heavy atom. The molecule has 18 heavy (non-hydrogen) atoms. The first-order valence-electron chi connectivity index (χ1n) is 5.31. The molecule has 2 amide bonds. The molecule has 0 aromatic heterocycles. The Bertz CT molecular complexity index is 462. The summed E-state index contributed by atoms with van der Waals surface area (Å²) in [6, 6.07) is 8.95. The number of primary amides is 1. The van der Waals surface area contributed by atoms with Gasteiger partial charge in [0.1, 0.15) is 5.92 Å². The van der Waals surface area contributed by atoms with Crippen LogP contribution in [0.5, 0.6) is 0 Å². The molecule has 0 spiro atoms. The molecule has 0 fully saturated rings. The second-order valence-electron chi connectivity index (χ2n) is 3.91.